The van der Waals surface area contributed by atoms with E-state index in [0.717, 1.165) is 25.7 Å². The summed E-state index contributed by atoms with van der Waals surface area (Å²) in [5.41, 5.74) is -0.657. The van der Waals surface area contributed by atoms with Crippen LogP contribution in [0, 0.1) is 23.7 Å². The van der Waals surface area contributed by atoms with E-state index in [1.165, 1.54) is 6.92 Å². The van der Waals surface area contributed by atoms with Crippen LogP contribution in [0.2, 0.25) is 0 Å². The van der Waals surface area contributed by atoms with E-state index < -0.39 is 29.9 Å². The summed E-state index contributed by atoms with van der Waals surface area (Å²) in [6, 6.07) is 0. The number of rotatable bonds is 4. The molecule has 0 amide bonds. The Morgan fingerprint density at radius 3 is 2.59 bits per heavy atom. The number of hydrogen-bond acceptors (Lipinski definition) is 7. The Balaban J connectivity index is 1.58. The molecule has 0 aromatic rings. The highest BCUT2D eigenvalue weighted by Gasteiger charge is 2.69. The normalized spacial score (nSPS) is 48.4. The first kappa shape index (κ1) is 19.3. The summed E-state index contributed by atoms with van der Waals surface area (Å²) in [5.74, 6) is -0.458. The van der Waals surface area contributed by atoms with E-state index in [1.54, 1.807) is 0 Å². The van der Waals surface area contributed by atoms with Crippen molar-refractivity contribution in [3.63, 3.8) is 0 Å². The Labute approximate surface area is 159 Å². The minimum atomic E-state index is -0.846. The van der Waals surface area contributed by atoms with Crippen molar-refractivity contribution in [2.45, 2.75) is 90.2 Å². The Morgan fingerprint density at radius 2 is 1.85 bits per heavy atom. The Hall–Kier alpha value is -1.02. The van der Waals surface area contributed by atoms with Crippen molar-refractivity contribution in [2.75, 3.05) is 0 Å². The van der Waals surface area contributed by atoms with E-state index >= 15 is 0 Å². The molecule has 27 heavy (non-hydrogen) atoms. The van der Waals surface area contributed by atoms with E-state index in [-0.39, 0.29) is 36.4 Å². The van der Waals surface area contributed by atoms with Gasteiger partial charge in [-0.15, -0.1) is 0 Å². The molecular formula is C20H30O7. The number of esters is 1. The molecule has 0 aromatic heterocycles. The summed E-state index contributed by atoms with van der Waals surface area (Å²) in [6.07, 6.45) is 2.67. The van der Waals surface area contributed by atoms with Gasteiger partial charge in [0, 0.05) is 24.7 Å². The van der Waals surface area contributed by atoms with E-state index in [4.69, 9.17) is 24.0 Å². The van der Waals surface area contributed by atoms with E-state index in [2.05, 4.69) is 6.92 Å². The molecule has 5 fully saturated rings. The van der Waals surface area contributed by atoms with Crippen molar-refractivity contribution in [2.24, 2.45) is 23.7 Å². The lowest BCUT2D eigenvalue weighted by molar-refractivity contribution is -0.576. The molecule has 5 aliphatic rings. The molecule has 7 heteroatoms. The maximum Gasteiger partial charge on any atom is 0.308 e. The molecule has 1 aliphatic carbocycles. The molecule has 5 rings (SSSR count). The summed E-state index contributed by atoms with van der Waals surface area (Å²) >= 11 is 0. The van der Waals surface area contributed by atoms with Gasteiger partial charge in [0.05, 0.1) is 6.42 Å². The summed E-state index contributed by atoms with van der Waals surface area (Å²) < 4.78 is 18.0. The van der Waals surface area contributed by atoms with Crippen LogP contribution in [0.4, 0.5) is 0 Å². The monoisotopic (exact) mass is 382 g/mol. The Bertz CT molecular complexity index is 621. The third kappa shape index (κ3) is 3.12. The molecule has 8 atom stereocenters. The van der Waals surface area contributed by atoms with Crippen LogP contribution in [0.1, 0.15) is 66.2 Å². The molecule has 4 heterocycles. The minimum absolute atomic E-state index is 0.0319. The van der Waals surface area contributed by atoms with Crippen LogP contribution >= 0.6 is 0 Å². The van der Waals surface area contributed by atoms with Crippen molar-refractivity contribution in [3.8, 4) is 0 Å². The molecule has 0 unspecified atom stereocenters. The van der Waals surface area contributed by atoms with Gasteiger partial charge >= 0.3 is 5.97 Å². The highest BCUT2D eigenvalue weighted by atomic mass is 17.3. The van der Waals surface area contributed by atoms with Gasteiger partial charge in [-0.3, -0.25) is 4.79 Å². The molecule has 152 valence electrons. The molecule has 7 nitrogen and oxygen atoms in total. The average molecular weight is 382 g/mol. The molecule has 2 bridgehead atoms. The zero-order valence-corrected chi connectivity index (χ0v) is 16.6. The van der Waals surface area contributed by atoms with E-state index in [9.17, 15) is 9.59 Å². The standard InChI is InChI=1S/C20H30O7/c1-11-5-7-15-13(3)17(23-16(22)8-6-12(2)21)24-18-20(15)14(11)9-10-19(4,25-18)26-27-20/h11,13-15,17-18H,5-10H2,1-4H3/t11-,13-,14+,15+,17+,18-,19-,20-/m1/s1. The molecule has 0 radical (unpaired) electrons. The van der Waals surface area contributed by atoms with E-state index in [1.807, 2.05) is 13.8 Å². The lowest BCUT2D eigenvalue weighted by Gasteiger charge is -2.59. The number of fused-ring (bicyclic) bond motifs is 2. The lowest BCUT2D eigenvalue weighted by Crippen LogP contribution is -2.70. The Morgan fingerprint density at radius 1 is 1.07 bits per heavy atom. The quantitative estimate of drug-likeness (QED) is 0.546. The number of hydrogen-bond donors (Lipinski definition) is 0. The van der Waals surface area contributed by atoms with Gasteiger partial charge in [-0.2, -0.15) is 0 Å². The molecule has 1 saturated carbocycles. The van der Waals surface area contributed by atoms with E-state index in [0.29, 0.717) is 5.92 Å². The van der Waals surface area contributed by atoms with Crippen molar-refractivity contribution in [1.82, 2.24) is 0 Å². The lowest BCUT2D eigenvalue weighted by atomic mass is 9.58. The van der Waals surface area contributed by atoms with Crippen molar-refractivity contribution < 1.29 is 33.6 Å². The molecule has 4 saturated heterocycles. The van der Waals surface area contributed by atoms with Crippen molar-refractivity contribution in [1.29, 1.82) is 0 Å². The van der Waals surface area contributed by atoms with Gasteiger partial charge in [0.2, 0.25) is 12.1 Å². The fourth-order valence-corrected chi connectivity index (χ4v) is 5.47. The van der Waals surface area contributed by atoms with Crippen LogP contribution in [0.25, 0.3) is 0 Å². The second-order valence-electron chi connectivity index (χ2n) is 8.97. The first-order chi connectivity index (χ1) is 12.7. The first-order valence-corrected chi connectivity index (χ1v) is 10.1. The SMILES string of the molecule is CC(=O)CCC(=O)O[C@H]1O[C@@H]2O[C@@]3(C)CC[C@H]4[C@H](C)CC[C@@H]([C@H]1C)[C@@]24OO3. The van der Waals surface area contributed by atoms with Gasteiger partial charge in [-0.05, 0) is 44.9 Å². The third-order valence-electron chi connectivity index (χ3n) is 7.03. The second kappa shape index (κ2) is 6.79. The number of ether oxygens (including phenoxy) is 3. The van der Waals surface area contributed by atoms with Gasteiger partial charge < -0.3 is 19.0 Å². The van der Waals surface area contributed by atoms with Gasteiger partial charge in [-0.1, -0.05) is 13.8 Å². The molecular weight excluding hydrogens is 352 g/mol. The summed E-state index contributed by atoms with van der Waals surface area (Å²) in [7, 11) is 0. The smallest absolute Gasteiger partial charge is 0.308 e. The van der Waals surface area contributed by atoms with Crippen LogP contribution in [-0.2, 0) is 33.6 Å². The summed E-state index contributed by atoms with van der Waals surface area (Å²) in [5, 5.41) is 0. The average Bonchev–Trinajstić information content (AvgIpc) is 2.84. The number of Topliss-reactive ketones (excluding diaryl/α,β-unsaturated/α-hetero) is 1. The van der Waals surface area contributed by atoms with Gasteiger partial charge in [0.25, 0.3) is 0 Å². The predicted molar refractivity (Wildman–Crippen MR) is 92.8 cm³/mol. The number of carbonyl (C=O) groups excluding carboxylic acids is 2. The van der Waals surface area contributed by atoms with Gasteiger partial charge in [0.1, 0.15) is 5.78 Å². The largest absolute Gasteiger partial charge is 0.435 e. The zero-order chi connectivity index (χ0) is 19.4. The van der Waals surface area contributed by atoms with Crippen LogP contribution in [0.5, 0.6) is 0 Å². The highest BCUT2D eigenvalue weighted by Crippen LogP contribution is 2.60. The van der Waals surface area contributed by atoms with Gasteiger partial charge in [0.15, 0.2) is 11.9 Å². The van der Waals surface area contributed by atoms with Crippen molar-refractivity contribution >= 4 is 11.8 Å². The summed E-state index contributed by atoms with van der Waals surface area (Å²) in [4.78, 5) is 35.1. The minimum Gasteiger partial charge on any atom is -0.435 e. The van der Waals surface area contributed by atoms with Crippen LogP contribution in [-0.4, -0.2) is 35.7 Å². The molecule has 0 N–H and O–H groups in total. The zero-order valence-electron chi connectivity index (χ0n) is 16.6. The maximum atomic E-state index is 12.2. The third-order valence-corrected chi connectivity index (χ3v) is 7.03. The van der Waals surface area contributed by atoms with Crippen LogP contribution in [0.3, 0.4) is 0 Å². The first-order valence-electron chi connectivity index (χ1n) is 10.1. The van der Waals surface area contributed by atoms with Crippen LogP contribution in [0.15, 0.2) is 0 Å². The van der Waals surface area contributed by atoms with Crippen molar-refractivity contribution in [3.05, 3.63) is 0 Å². The Kier molecular flexibility index (Phi) is 4.86. The second-order valence-corrected chi connectivity index (χ2v) is 8.97. The molecule has 4 aliphatic heterocycles. The fraction of sp³-hybridized carbons (Fsp3) is 0.900. The molecule has 1 spiro atoms. The number of carbonyl (C=O) groups is 2. The molecule has 0 aromatic carbocycles. The number of ketones is 1. The topological polar surface area (TPSA) is 80.3 Å². The predicted octanol–water partition coefficient (Wildman–Crippen LogP) is 3.11. The summed E-state index contributed by atoms with van der Waals surface area (Å²) in [6.45, 7) is 7.63. The fourth-order valence-electron chi connectivity index (χ4n) is 5.47. The maximum absolute atomic E-state index is 12.2. The highest BCUT2D eigenvalue weighted by molar-refractivity contribution is 5.81. The van der Waals surface area contributed by atoms with Gasteiger partial charge in [-0.25, -0.2) is 9.78 Å². The van der Waals surface area contributed by atoms with Crippen LogP contribution < -0.4 is 0 Å².